The topological polar surface area (TPSA) is 75.7 Å². The summed E-state index contributed by atoms with van der Waals surface area (Å²) in [6, 6.07) is 7.53. The number of benzene rings is 1. The minimum atomic E-state index is -4.60. The summed E-state index contributed by atoms with van der Waals surface area (Å²) in [5.41, 5.74) is 1.98. The maximum atomic E-state index is 15.1. The maximum Gasteiger partial charge on any atom is 0.280 e. The Morgan fingerprint density at radius 3 is 2.45 bits per heavy atom. The largest absolute Gasteiger partial charge is 0.280 e. The molecule has 1 N–H and O–H groups in total. The number of alkyl halides is 5. The van der Waals surface area contributed by atoms with Crippen LogP contribution in [0.1, 0.15) is 23.2 Å². The molecular formula is C17H21ClF4N2O4S. The first-order chi connectivity index (χ1) is 13.4. The summed E-state index contributed by atoms with van der Waals surface area (Å²) < 4.78 is 81.7. The SMILES string of the molecule is CN(C)S(=O)(=O)C1(ONC(=O)c2ccccc2)CC(Cl)C(C(F)(F)CF)CC1F. The summed E-state index contributed by atoms with van der Waals surface area (Å²) in [5, 5.41) is -1.63. The zero-order valence-corrected chi connectivity index (χ0v) is 17.2. The zero-order chi connectivity index (χ0) is 22.0. The van der Waals surface area contributed by atoms with Gasteiger partial charge in [-0.25, -0.2) is 40.6 Å². The number of carbonyl (C=O) groups excluding carboxylic acids is 1. The lowest BCUT2D eigenvalue weighted by atomic mass is 9.81. The molecule has 29 heavy (non-hydrogen) atoms. The second kappa shape index (κ2) is 8.75. The molecule has 0 heterocycles. The molecule has 1 fully saturated rings. The summed E-state index contributed by atoms with van der Waals surface area (Å²) in [5.74, 6) is -6.74. The molecule has 0 aromatic heterocycles. The molecule has 1 aliphatic rings. The molecule has 2 rings (SSSR count). The Balaban J connectivity index is 2.37. The molecule has 164 valence electrons. The molecule has 0 radical (unpaired) electrons. The summed E-state index contributed by atoms with van der Waals surface area (Å²) in [7, 11) is -2.41. The number of carbonyl (C=O) groups is 1. The molecule has 4 atom stereocenters. The van der Waals surface area contributed by atoms with Crippen LogP contribution in [0.25, 0.3) is 0 Å². The lowest BCUT2D eigenvalue weighted by Crippen LogP contribution is -2.63. The van der Waals surface area contributed by atoms with E-state index in [-0.39, 0.29) is 5.56 Å². The fourth-order valence-electron chi connectivity index (χ4n) is 3.14. The van der Waals surface area contributed by atoms with Gasteiger partial charge >= 0.3 is 0 Å². The van der Waals surface area contributed by atoms with Gasteiger partial charge in [-0.3, -0.25) is 4.79 Å². The van der Waals surface area contributed by atoms with Crippen molar-refractivity contribution in [1.82, 2.24) is 9.79 Å². The third-order valence-corrected chi connectivity index (χ3v) is 7.64. The monoisotopic (exact) mass is 460 g/mol. The Labute approximate surface area is 171 Å². The van der Waals surface area contributed by atoms with Crippen molar-refractivity contribution in [2.75, 3.05) is 20.8 Å². The molecule has 1 aliphatic carbocycles. The van der Waals surface area contributed by atoms with Crippen molar-refractivity contribution in [3.8, 4) is 0 Å². The molecule has 12 heteroatoms. The second-order valence-corrected chi connectivity index (χ2v) is 9.86. The fraction of sp³-hybridized carbons (Fsp3) is 0.588. The highest BCUT2D eigenvalue weighted by molar-refractivity contribution is 7.90. The van der Waals surface area contributed by atoms with E-state index in [1.807, 2.05) is 5.48 Å². The van der Waals surface area contributed by atoms with Gasteiger partial charge in [0, 0.05) is 37.4 Å². The van der Waals surface area contributed by atoms with Crippen molar-refractivity contribution in [2.24, 2.45) is 5.92 Å². The summed E-state index contributed by atoms with van der Waals surface area (Å²) >= 11 is 5.95. The predicted molar refractivity (Wildman–Crippen MR) is 98.5 cm³/mol. The first-order valence-corrected chi connectivity index (χ1v) is 10.4. The van der Waals surface area contributed by atoms with Crippen molar-refractivity contribution < 1.29 is 35.6 Å². The van der Waals surface area contributed by atoms with Crippen molar-refractivity contribution >= 4 is 27.5 Å². The van der Waals surface area contributed by atoms with Gasteiger partial charge in [-0.05, 0) is 18.6 Å². The number of hydrogen-bond donors (Lipinski definition) is 1. The van der Waals surface area contributed by atoms with Crippen LogP contribution in [0.4, 0.5) is 17.6 Å². The molecule has 0 spiro atoms. The number of nitrogens with zero attached hydrogens (tertiary/aromatic N) is 1. The number of halogens is 5. The van der Waals surface area contributed by atoms with E-state index in [2.05, 4.69) is 0 Å². The Bertz CT molecular complexity index is 828. The van der Waals surface area contributed by atoms with Crippen LogP contribution in [0.3, 0.4) is 0 Å². The van der Waals surface area contributed by atoms with E-state index >= 15 is 4.39 Å². The van der Waals surface area contributed by atoms with Crippen LogP contribution in [0.2, 0.25) is 0 Å². The van der Waals surface area contributed by atoms with Crippen molar-refractivity contribution in [1.29, 1.82) is 0 Å². The van der Waals surface area contributed by atoms with Gasteiger partial charge in [0.25, 0.3) is 11.8 Å². The van der Waals surface area contributed by atoms with E-state index in [4.69, 9.17) is 16.4 Å². The number of rotatable bonds is 7. The van der Waals surface area contributed by atoms with Crippen LogP contribution < -0.4 is 5.48 Å². The Hall–Kier alpha value is -1.43. The van der Waals surface area contributed by atoms with Gasteiger partial charge in [-0.1, -0.05) is 18.2 Å². The molecule has 1 amide bonds. The van der Waals surface area contributed by atoms with Crippen LogP contribution in [-0.2, 0) is 14.9 Å². The average Bonchev–Trinajstić information content (AvgIpc) is 2.68. The quantitative estimate of drug-likeness (QED) is 0.386. The van der Waals surface area contributed by atoms with Gasteiger partial charge in [0.1, 0.15) is 6.17 Å². The lowest BCUT2D eigenvalue weighted by molar-refractivity contribution is -0.146. The average molecular weight is 461 g/mol. The van der Waals surface area contributed by atoms with Gasteiger partial charge < -0.3 is 0 Å². The van der Waals surface area contributed by atoms with Gasteiger partial charge in [0.2, 0.25) is 15.0 Å². The van der Waals surface area contributed by atoms with E-state index in [9.17, 15) is 26.4 Å². The van der Waals surface area contributed by atoms with Crippen LogP contribution in [0.15, 0.2) is 30.3 Å². The summed E-state index contributed by atoms with van der Waals surface area (Å²) in [6.45, 7) is -2.06. The molecule has 4 unspecified atom stereocenters. The third-order valence-electron chi connectivity index (χ3n) is 4.84. The molecule has 6 nitrogen and oxygen atoms in total. The summed E-state index contributed by atoms with van der Waals surface area (Å²) in [6.07, 6.45) is -4.51. The number of hydroxylamine groups is 1. The molecular weight excluding hydrogens is 440 g/mol. The van der Waals surface area contributed by atoms with E-state index in [0.29, 0.717) is 4.31 Å². The zero-order valence-electron chi connectivity index (χ0n) is 15.6. The first-order valence-electron chi connectivity index (χ1n) is 8.56. The number of amides is 1. The van der Waals surface area contributed by atoms with Crippen molar-refractivity contribution in [3.05, 3.63) is 35.9 Å². The summed E-state index contributed by atoms with van der Waals surface area (Å²) in [4.78, 5) is 14.5. The van der Waals surface area contributed by atoms with Crippen LogP contribution in [-0.4, -0.2) is 61.8 Å². The minimum Gasteiger partial charge on any atom is -0.267 e. The number of sulfonamides is 1. The fourth-order valence-corrected chi connectivity index (χ4v) is 5.33. The predicted octanol–water partition coefficient (Wildman–Crippen LogP) is 2.90. The highest BCUT2D eigenvalue weighted by Crippen LogP contribution is 2.48. The normalized spacial score (nSPS) is 28.3. The molecule has 1 aromatic carbocycles. The van der Waals surface area contributed by atoms with E-state index in [0.717, 1.165) is 14.1 Å². The highest BCUT2D eigenvalue weighted by Gasteiger charge is 2.63. The Kier molecular flexibility index (Phi) is 7.19. The number of hydrogen-bond acceptors (Lipinski definition) is 4. The Morgan fingerprint density at radius 2 is 1.93 bits per heavy atom. The van der Waals surface area contributed by atoms with Gasteiger partial charge in [-0.15, -0.1) is 11.6 Å². The van der Waals surface area contributed by atoms with Crippen molar-refractivity contribution in [3.63, 3.8) is 0 Å². The standard InChI is InChI=1S/C17H21ClF4N2O4S/c1-24(2)29(26,27)17(28-23-15(25)11-6-4-3-5-7-11)9-13(18)12(8-14(17)20)16(21,22)10-19/h3-7,12-14H,8-10H2,1-2H3,(H,23,25). The van der Waals surface area contributed by atoms with Crippen molar-refractivity contribution in [2.45, 2.75) is 35.2 Å². The second-order valence-electron chi connectivity index (χ2n) is 6.92. The van der Waals surface area contributed by atoms with Crippen LogP contribution in [0, 0.1) is 5.92 Å². The van der Waals surface area contributed by atoms with Gasteiger partial charge in [-0.2, -0.15) is 0 Å². The van der Waals surface area contributed by atoms with Gasteiger partial charge in [0.05, 0.1) is 0 Å². The molecule has 0 saturated heterocycles. The lowest BCUT2D eigenvalue weighted by Gasteiger charge is -2.45. The molecule has 0 aliphatic heterocycles. The Morgan fingerprint density at radius 1 is 1.34 bits per heavy atom. The van der Waals surface area contributed by atoms with Crippen LogP contribution >= 0.6 is 11.6 Å². The maximum absolute atomic E-state index is 15.1. The molecule has 1 aromatic rings. The molecule has 1 saturated carbocycles. The first kappa shape index (κ1) is 23.8. The van der Waals surface area contributed by atoms with E-state index < -0.39 is 63.8 Å². The van der Waals surface area contributed by atoms with E-state index in [1.54, 1.807) is 6.07 Å². The van der Waals surface area contributed by atoms with Crippen LogP contribution in [0.5, 0.6) is 0 Å². The van der Waals surface area contributed by atoms with Gasteiger partial charge in [0.15, 0.2) is 6.67 Å². The number of nitrogens with one attached hydrogen (secondary N) is 1. The third kappa shape index (κ3) is 4.52. The van der Waals surface area contributed by atoms with E-state index in [1.165, 1.54) is 24.3 Å². The minimum absolute atomic E-state index is 0.0976. The smallest absolute Gasteiger partial charge is 0.267 e. The highest BCUT2D eigenvalue weighted by atomic mass is 35.5. The molecule has 0 bridgehead atoms.